The van der Waals surface area contributed by atoms with Gasteiger partial charge in [0.15, 0.2) is 5.16 Å². The van der Waals surface area contributed by atoms with Crippen LogP contribution in [0.1, 0.15) is 30.6 Å². The number of carbonyl (C=O) groups is 1. The average Bonchev–Trinajstić information content (AvgIpc) is 2.65. The van der Waals surface area contributed by atoms with Crippen molar-refractivity contribution >= 4 is 45.9 Å². The second-order valence-corrected chi connectivity index (χ2v) is 7.50. The largest absolute Gasteiger partial charge is 0.480 e. The van der Waals surface area contributed by atoms with E-state index < -0.39 is 11.2 Å². The number of hydrogen-bond acceptors (Lipinski definition) is 5. The molecule has 3 rings (SSSR count). The normalized spacial score (nSPS) is 12.1. The number of benzene rings is 2. The highest BCUT2D eigenvalue weighted by Gasteiger charge is 2.25. The highest BCUT2D eigenvalue weighted by molar-refractivity contribution is 8.00. The third-order valence-corrected chi connectivity index (χ3v) is 5.34. The Labute approximate surface area is 167 Å². The summed E-state index contributed by atoms with van der Waals surface area (Å²) < 4.78 is 0. The van der Waals surface area contributed by atoms with E-state index in [4.69, 9.17) is 11.6 Å². The number of nitrogens with zero attached hydrogens (tertiary/aromatic N) is 2. The molecule has 0 amide bonds. The molecule has 0 aliphatic rings. The van der Waals surface area contributed by atoms with Crippen LogP contribution in [0, 0.1) is 0 Å². The molecule has 7 heteroatoms. The Morgan fingerprint density at radius 2 is 2.00 bits per heavy atom. The minimum atomic E-state index is -0.944. The maximum absolute atomic E-state index is 12.0. The third-order valence-electron chi connectivity index (χ3n) is 4.06. The van der Waals surface area contributed by atoms with Gasteiger partial charge in [-0.15, -0.1) is 0 Å². The van der Waals surface area contributed by atoms with Crippen LogP contribution in [0.2, 0.25) is 5.15 Å². The van der Waals surface area contributed by atoms with Crippen LogP contribution in [0.4, 0.5) is 5.82 Å². The highest BCUT2D eigenvalue weighted by Crippen LogP contribution is 2.38. The highest BCUT2D eigenvalue weighted by atomic mass is 35.5. The lowest BCUT2D eigenvalue weighted by Gasteiger charge is -2.15. The Bertz CT molecular complexity index is 946. The quantitative estimate of drug-likeness (QED) is 0.227. The Balaban J connectivity index is 1.92. The summed E-state index contributed by atoms with van der Waals surface area (Å²) in [7, 11) is 0. The van der Waals surface area contributed by atoms with Gasteiger partial charge in [-0.05, 0) is 22.8 Å². The van der Waals surface area contributed by atoms with Crippen LogP contribution in [0.3, 0.4) is 0 Å². The van der Waals surface area contributed by atoms with Crippen molar-refractivity contribution in [3.05, 3.63) is 59.2 Å². The fourth-order valence-corrected chi connectivity index (χ4v) is 3.94. The van der Waals surface area contributed by atoms with E-state index in [1.54, 1.807) is 6.07 Å². The minimum absolute atomic E-state index is 0.286. The lowest BCUT2D eigenvalue weighted by molar-refractivity contribution is -0.136. The van der Waals surface area contributed by atoms with Gasteiger partial charge in [-0.25, -0.2) is 9.97 Å². The molecule has 5 nitrogen and oxygen atoms in total. The molecule has 27 heavy (non-hydrogen) atoms. The van der Waals surface area contributed by atoms with E-state index in [-0.39, 0.29) is 5.15 Å². The molecule has 0 spiro atoms. The summed E-state index contributed by atoms with van der Waals surface area (Å²) in [5, 5.41) is 14.7. The van der Waals surface area contributed by atoms with Crippen molar-refractivity contribution in [1.29, 1.82) is 0 Å². The standard InChI is InChI=1S/C20H20ClN3O2S/c1-2-3-11-22-17-12-16(21)23-20(24-17)27-18(19(25)26)15-10-6-8-13-7-4-5-9-14(13)15/h4-10,12,18H,2-3,11H2,1H3,(H,25,26)(H,22,23,24). The number of thioether (sulfide) groups is 1. The first-order valence-corrected chi connectivity index (χ1v) is 10.00. The minimum Gasteiger partial charge on any atom is -0.480 e. The van der Waals surface area contributed by atoms with Crippen LogP contribution in [-0.2, 0) is 4.79 Å². The van der Waals surface area contributed by atoms with Crippen molar-refractivity contribution in [2.45, 2.75) is 30.2 Å². The third kappa shape index (κ3) is 4.90. The maximum Gasteiger partial charge on any atom is 0.321 e. The van der Waals surface area contributed by atoms with E-state index in [2.05, 4.69) is 22.2 Å². The topological polar surface area (TPSA) is 75.1 Å². The summed E-state index contributed by atoms with van der Waals surface area (Å²) in [5.74, 6) is -0.339. The number of hydrogen-bond donors (Lipinski definition) is 2. The first-order valence-electron chi connectivity index (χ1n) is 8.74. The van der Waals surface area contributed by atoms with Gasteiger partial charge in [0, 0.05) is 12.6 Å². The molecule has 0 aliphatic heterocycles. The molecule has 0 radical (unpaired) electrons. The number of aromatic nitrogens is 2. The summed E-state index contributed by atoms with van der Waals surface area (Å²) in [5.41, 5.74) is 0.717. The molecule has 2 aromatic carbocycles. The van der Waals surface area contributed by atoms with E-state index >= 15 is 0 Å². The van der Waals surface area contributed by atoms with Crippen LogP contribution in [0.5, 0.6) is 0 Å². The van der Waals surface area contributed by atoms with Crippen molar-refractivity contribution in [2.24, 2.45) is 0 Å². The van der Waals surface area contributed by atoms with Gasteiger partial charge in [0.05, 0.1) is 0 Å². The molecule has 0 saturated heterocycles. The van der Waals surface area contributed by atoms with Gasteiger partial charge in [-0.2, -0.15) is 0 Å². The lowest BCUT2D eigenvalue weighted by atomic mass is 10.0. The number of carboxylic acid groups (broad SMARTS) is 1. The average molecular weight is 402 g/mol. The van der Waals surface area contributed by atoms with Crippen LogP contribution < -0.4 is 5.32 Å². The van der Waals surface area contributed by atoms with Crippen molar-refractivity contribution in [1.82, 2.24) is 9.97 Å². The number of fused-ring (bicyclic) bond motifs is 1. The molecule has 3 aromatic rings. The van der Waals surface area contributed by atoms with E-state index in [9.17, 15) is 9.90 Å². The zero-order valence-corrected chi connectivity index (χ0v) is 16.4. The Kier molecular flexibility index (Phi) is 6.53. The van der Waals surface area contributed by atoms with Crippen LogP contribution >= 0.6 is 23.4 Å². The number of anilines is 1. The fraction of sp³-hybridized carbons (Fsp3) is 0.250. The zero-order chi connectivity index (χ0) is 19.2. The van der Waals surface area contributed by atoms with Gasteiger partial charge in [0.2, 0.25) is 0 Å². The number of aliphatic carboxylic acids is 1. The van der Waals surface area contributed by atoms with Crippen molar-refractivity contribution in [2.75, 3.05) is 11.9 Å². The molecular weight excluding hydrogens is 382 g/mol. The summed E-state index contributed by atoms with van der Waals surface area (Å²) in [6, 6.07) is 15.0. The predicted molar refractivity (Wildman–Crippen MR) is 111 cm³/mol. The van der Waals surface area contributed by atoms with Gasteiger partial charge in [0.1, 0.15) is 16.2 Å². The number of nitrogens with one attached hydrogen (secondary N) is 1. The van der Waals surface area contributed by atoms with Gasteiger partial charge in [-0.1, -0.05) is 79.2 Å². The van der Waals surface area contributed by atoms with Crippen molar-refractivity contribution in [3.63, 3.8) is 0 Å². The fourth-order valence-electron chi connectivity index (χ4n) is 2.76. The van der Waals surface area contributed by atoms with Crippen LogP contribution in [0.15, 0.2) is 53.7 Å². The molecular formula is C20H20ClN3O2S. The second kappa shape index (κ2) is 9.06. The molecule has 0 fully saturated rings. The monoisotopic (exact) mass is 401 g/mol. The molecule has 0 saturated carbocycles. The number of carboxylic acids is 1. The predicted octanol–water partition coefficient (Wildman–Crippen LogP) is 5.41. The summed E-state index contributed by atoms with van der Waals surface area (Å²) in [6.07, 6.45) is 2.08. The van der Waals surface area contributed by atoms with Crippen molar-refractivity contribution < 1.29 is 9.90 Å². The van der Waals surface area contributed by atoms with Gasteiger partial charge in [-0.3, -0.25) is 4.79 Å². The summed E-state index contributed by atoms with van der Waals surface area (Å²) in [4.78, 5) is 20.6. The molecule has 1 heterocycles. The SMILES string of the molecule is CCCCNc1cc(Cl)nc(SC(C(=O)O)c2cccc3ccccc23)n1. The van der Waals surface area contributed by atoms with Gasteiger partial charge < -0.3 is 10.4 Å². The molecule has 1 atom stereocenters. The lowest BCUT2D eigenvalue weighted by Crippen LogP contribution is -2.10. The molecule has 0 aliphatic carbocycles. The van der Waals surface area contributed by atoms with E-state index in [0.29, 0.717) is 11.0 Å². The molecule has 1 aromatic heterocycles. The van der Waals surface area contributed by atoms with E-state index in [0.717, 1.165) is 47.5 Å². The maximum atomic E-state index is 12.0. The molecule has 2 N–H and O–H groups in total. The van der Waals surface area contributed by atoms with E-state index in [1.807, 2.05) is 42.5 Å². The van der Waals surface area contributed by atoms with Gasteiger partial charge >= 0.3 is 5.97 Å². The number of rotatable bonds is 8. The zero-order valence-electron chi connectivity index (χ0n) is 14.9. The molecule has 1 unspecified atom stereocenters. The first-order chi connectivity index (χ1) is 13.1. The smallest absolute Gasteiger partial charge is 0.321 e. The Morgan fingerprint density at radius 3 is 2.78 bits per heavy atom. The Morgan fingerprint density at radius 1 is 1.22 bits per heavy atom. The summed E-state index contributed by atoms with van der Waals surface area (Å²) in [6.45, 7) is 2.89. The van der Waals surface area contributed by atoms with Crippen molar-refractivity contribution in [3.8, 4) is 0 Å². The van der Waals surface area contributed by atoms with Crippen LogP contribution in [-0.4, -0.2) is 27.6 Å². The van der Waals surface area contributed by atoms with E-state index in [1.165, 1.54) is 0 Å². The molecule has 140 valence electrons. The Hall–Kier alpha value is -2.31. The second-order valence-electron chi connectivity index (χ2n) is 6.04. The first kappa shape index (κ1) is 19.5. The summed E-state index contributed by atoms with van der Waals surface area (Å²) >= 11 is 7.20. The molecule has 0 bridgehead atoms. The van der Waals surface area contributed by atoms with Gasteiger partial charge in [0.25, 0.3) is 0 Å². The number of unbranched alkanes of at least 4 members (excludes halogenated alkanes) is 1. The number of halogens is 1. The van der Waals surface area contributed by atoms with Crippen LogP contribution in [0.25, 0.3) is 10.8 Å².